The smallest absolute Gasteiger partial charge is 0.229 e. The summed E-state index contributed by atoms with van der Waals surface area (Å²) in [5.41, 5.74) is 0. The zero-order valence-electron chi connectivity index (χ0n) is 35.0. The van der Waals surface area contributed by atoms with Crippen LogP contribution in [0.25, 0.3) is 0 Å². The molecule has 9 nitrogen and oxygen atoms in total. The predicted octanol–water partition coefficient (Wildman–Crippen LogP) is 10.7. The van der Waals surface area contributed by atoms with Gasteiger partial charge in [0.15, 0.2) is 0 Å². The van der Waals surface area contributed by atoms with Crippen molar-refractivity contribution < 1.29 is 28.8 Å². The molecule has 1 aliphatic rings. The van der Waals surface area contributed by atoms with Gasteiger partial charge in [0.1, 0.15) is 0 Å². The van der Waals surface area contributed by atoms with E-state index in [1.54, 1.807) is 0 Å². The molecule has 0 aromatic rings. The highest BCUT2D eigenvalue weighted by Gasteiger charge is 2.40. The van der Waals surface area contributed by atoms with E-state index in [1.165, 1.54) is 96.3 Å². The fourth-order valence-electron chi connectivity index (χ4n) is 7.66. The van der Waals surface area contributed by atoms with Crippen molar-refractivity contribution >= 4 is 35.4 Å². The Morgan fingerprint density at radius 2 is 0.500 bits per heavy atom. The molecule has 0 saturated heterocycles. The van der Waals surface area contributed by atoms with Gasteiger partial charge < -0.3 is 0 Å². The highest BCUT2D eigenvalue weighted by Crippen LogP contribution is 2.34. The van der Waals surface area contributed by atoms with Gasteiger partial charge in [-0.3, -0.25) is 44.7 Å². The molecular formula is C45H81N3O6. The van der Waals surface area contributed by atoms with Crippen LogP contribution in [0.4, 0.5) is 0 Å². The van der Waals surface area contributed by atoms with Gasteiger partial charge in [0.2, 0.25) is 35.4 Å². The van der Waals surface area contributed by atoms with Crippen LogP contribution in [0.15, 0.2) is 0 Å². The molecule has 0 unspecified atom stereocenters. The van der Waals surface area contributed by atoms with Crippen molar-refractivity contribution in [2.45, 2.75) is 233 Å². The van der Waals surface area contributed by atoms with Crippen molar-refractivity contribution in [2.75, 3.05) is 0 Å². The number of hydrogen-bond acceptors (Lipinski definition) is 6. The summed E-state index contributed by atoms with van der Waals surface area (Å²) >= 11 is 0. The Kier molecular flexibility index (Phi) is 30.9. The lowest BCUT2D eigenvalue weighted by Gasteiger charge is -2.32. The molecule has 0 spiro atoms. The van der Waals surface area contributed by atoms with E-state index in [0.29, 0.717) is 19.3 Å². The van der Waals surface area contributed by atoms with Crippen molar-refractivity contribution in [3.05, 3.63) is 0 Å². The lowest BCUT2D eigenvalue weighted by molar-refractivity contribution is -0.138. The van der Waals surface area contributed by atoms with Crippen molar-refractivity contribution in [1.82, 2.24) is 16.0 Å². The Bertz CT molecular complexity index is 912. The van der Waals surface area contributed by atoms with E-state index in [2.05, 4.69) is 36.7 Å². The molecule has 1 aliphatic carbocycles. The summed E-state index contributed by atoms with van der Waals surface area (Å²) < 4.78 is 0. The van der Waals surface area contributed by atoms with Gasteiger partial charge in [0, 0.05) is 37.0 Å². The number of carbonyl (C=O) groups excluding carboxylic acids is 6. The quantitative estimate of drug-likeness (QED) is 0.0569. The number of imide groups is 3. The summed E-state index contributed by atoms with van der Waals surface area (Å²) in [6, 6.07) is 0. The third-order valence-electron chi connectivity index (χ3n) is 11.1. The lowest BCUT2D eigenvalue weighted by atomic mass is 9.74. The Morgan fingerprint density at radius 3 is 0.704 bits per heavy atom. The molecule has 0 atom stereocenters. The number of nitrogens with one attached hydrogen (secondary N) is 3. The number of carbonyl (C=O) groups is 6. The Hall–Kier alpha value is -2.58. The third-order valence-corrected chi connectivity index (χ3v) is 11.1. The molecular weight excluding hydrogens is 679 g/mol. The van der Waals surface area contributed by atoms with Crippen LogP contribution in [0.1, 0.15) is 233 Å². The predicted molar refractivity (Wildman–Crippen MR) is 219 cm³/mol. The summed E-state index contributed by atoms with van der Waals surface area (Å²) in [7, 11) is 0. The van der Waals surface area contributed by atoms with Gasteiger partial charge in [0.25, 0.3) is 0 Å². The van der Waals surface area contributed by atoms with E-state index in [0.717, 1.165) is 57.8 Å². The molecule has 312 valence electrons. The van der Waals surface area contributed by atoms with Crippen LogP contribution in [0.2, 0.25) is 0 Å². The van der Waals surface area contributed by atoms with Gasteiger partial charge in [-0.15, -0.1) is 0 Å². The number of rotatable bonds is 33. The van der Waals surface area contributed by atoms with Gasteiger partial charge in [-0.05, 0) is 38.5 Å². The second-order valence-electron chi connectivity index (χ2n) is 16.3. The van der Waals surface area contributed by atoms with Crippen LogP contribution in [0.5, 0.6) is 0 Å². The summed E-state index contributed by atoms with van der Waals surface area (Å²) in [6.45, 7) is 6.62. The molecule has 0 heterocycles. The van der Waals surface area contributed by atoms with E-state index < -0.39 is 35.5 Å². The Labute approximate surface area is 329 Å². The van der Waals surface area contributed by atoms with E-state index in [4.69, 9.17) is 0 Å². The van der Waals surface area contributed by atoms with E-state index in [1.807, 2.05) is 0 Å². The first-order valence-corrected chi connectivity index (χ1v) is 22.7. The minimum atomic E-state index is -0.753. The van der Waals surface area contributed by atoms with Crippen LogP contribution >= 0.6 is 0 Å². The molecule has 0 aromatic carbocycles. The molecule has 9 heteroatoms. The standard InChI is InChI=1S/C45H81N3O6/c1-4-7-10-13-16-19-22-25-28-31-40(49)46-43(52)37-34-38(44(53)47-41(50)32-29-26-23-20-17-14-11-8-5-2)36-39(35-37)45(54)48-42(51)33-30-27-24-21-18-15-12-9-6-3/h37-39H,4-36H2,1-3H3,(H,46,49,52)(H,47,50,53)(H,48,51,54). The normalized spacial score (nSPS) is 16.8. The number of hydrogen-bond donors (Lipinski definition) is 3. The van der Waals surface area contributed by atoms with Crippen molar-refractivity contribution in [3.8, 4) is 0 Å². The molecule has 3 N–H and O–H groups in total. The maximum Gasteiger partial charge on any atom is 0.229 e. The average Bonchev–Trinajstić information content (AvgIpc) is 3.15. The molecule has 1 rings (SSSR count). The molecule has 0 radical (unpaired) electrons. The Balaban J connectivity index is 2.64. The van der Waals surface area contributed by atoms with Gasteiger partial charge >= 0.3 is 0 Å². The lowest BCUT2D eigenvalue weighted by Crippen LogP contribution is -2.47. The number of amides is 6. The molecule has 6 amide bonds. The maximum absolute atomic E-state index is 13.3. The summed E-state index contributed by atoms with van der Waals surface area (Å²) in [5, 5.41) is 7.55. The van der Waals surface area contributed by atoms with Crippen LogP contribution in [0.3, 0.4) is 0 Å². The molecule has 54 heavy (non-hydrogen) atoms. The maximum atomic E-state index is 13.3. The highest BCUT2D eigenvalue weighted by atomic mass is 16.2. The molecule has 1 saturated carbocycles. The molecule has 0 aromatic heterocycles. The van der Waals surface area contributed by atoms with E-state index >= 15 is 0 Å². The SMILES string of the molecule is CCCCCCCCCCCC(=O)NC(=O)C1CC(C(=O)NC(=O)CCCCCCCCCCC)CC(C(=O)NC(=O)CCCCCCCCCCC)C1. The summed E-state index contributed by atoms with van der Waals surface area (Å²) in [4.78, 5) is 78.1. The molecule has 1 fully saturated rings. The topological polar surface area (TPSA) is 139 Å². The Morgan fingerprint density at radius 1 is 0.315 bits per heavy atom. The molecule has 0 aliphatic heterocycles. The first-order valence-electron chi connectivity index (χ1n) is 22.7. The zero-order valence-corrected chi connectivity index (χ0v) is 35.0. The third kappa shape index (κ3) is 26.3. The van der Waals surface area contributed by atoms with Crippen molar-refractivity contribution in [3.63, 3.8) is 0 Å². The van der Waals surface area contributed by atoms with Gasteiger partial charge in [-0.1, -0.05) is 175 Å². The second-order valence-corrected chi connectivity index (χ2v) is 16.3. The largest absolute Gasteiger partial charge is 0.296 e. The molecule has 0 bridgehead atoms. The monoisotopic (exact) mass is 760 g/mol. The minimum Gasteiger partial charge on any atom is -0.296 e. The fraction of sp³-hybridized carbons (Fsp3) is 0.867. The first-order chi connectivity index (χ1) is 26.2. The van der Waals surface area contributed by atoms with Gasteiger partial charge in [-0.2, -0.15) is 0 Å². The van der Waals surface area contributed by atoms with Gasteiger partial charge in [-0.25, -0.2) is 0 Å². The van der Waals surface area contributed by atoms with Gasteiger partial charge in [0.05, 0.1) is 0 Å². The minimum absolute atomic E-state index is 0.143. The average molecular weight is 760 g/mol. The van der Waals surface area contributed by atoms with Crippen molar-refractivity contribution in [1.29, 1.82) is 0 Å². The van der Waals surface area contributed by atoms with E-state index in [9.17, 15) is 28.8 Å². The van der Waals surface area contributed by atoms with Crippen LogP contribution in [0, 0.1) is 17.8 Å². The first kappa shape index (κ1) is 49.4. The van der Waals surface area contributed by atoms with Crippen LogP contribution < -0.4 is 16.0 Å². The van der Waals surface area contributed by atoms with Crippen LogP contribution in [-0.2, 0) is 28.8 Å². The van der Waals surface area contributed by atoms with Crippen molar-refractivity contribution in [2.24, 2.45) is 17.8 Å². The summed E-state index contributed by atoms with van der Waals surface area (Å²) in [5.74, 6) is -4.77. The fourth-order valence-corrected chi connectivity index (χ4v) is 7.66. The zero-order chi connectivity index (χ0) is 39.7. The summed E-state index contributed by atoms with van der Waals surface area (Å²) in [6.07, 6.45) is 31.5. The highest BCUT2D eigenvalue weighted by molar-refractivity contribution is 6.00. The van der Waals surface area contributed by atoms with Crippen LogP contribution in [-0.4, -0.2) is 35.4 Å². The second kappa shape index (κ2) is 33.7. The number of unbranched alkanes of at least 4 members (excludes halogenated alkanes) is 24. The van der Waals surface area contributed by atoms with E-state index in [-0.39, 0.29) is 56.2 Å².